The lowest BCUT2D eigenvalue weighted by molar-refractivity contribution is -0.116. The Balaban J connectivity index is 0.00000363. The van der Waals surface area contributed by atoms with Gasteiger partial charge in [-0.3, -0.25) is 14.7 Å². The summed E-state index contributed by atoms with van der Waals surface area (Å²) >= 11 is 1.83. The predicted octanol–water partition coefficient (Wildman–Crippen LogP) is 3.45. The average molecular weight is 572 g/mol. The molecule has 32 heavy (non-hydrogen) atoms. The van der Waals surface area contributed by atoms with Gasteiger partial charge in [0.15, 0.2) is 5.96 Å². The number of aryl methyl sites for hydroxylation is 1. The Morgan fingerprint density at radius 1 is 1.12 bits per heavy atom. The second-order valence-electron chi connectivity index (χ2n) is 7.45. The number of hydrogen-bond acceptors (Lipinski definition) is 5. The van der Waals surface area contributed by atoms with E-state index in [1.807, 2.05) is 35.6 Å². The van der Waals surface area contributed by atoms with Gasteiger partial charge in [-0.15, -0.1) is 35.3 Å². The number of hydrogen-bond donors (Lipinski definition) is 3. The molecule has 0 unspecified atom stereocenters. The van der Waals surface area contributed by atoms with Crippen LogP contribution >= 0.6 is 35.3 Å². The molecule has 0 aliphatic carbocycles. The summed E-state index contributed by atoms with van der Waals surface area (Å²) in [7, 11) is 1.77. The van der Waals surface area contributed by atoms with Crippen molar-refractivity contribution < 1.29 is 9.53 Å². The number of morpholine rings is 1. The van der Waals surface area contributed by atoms with Crippen LogP contribution in [-0.2, 0) is 29.0 Å². The Morgan fingerprint density at radius 2 is 1.88 bits per heavy atom. The number of guanidine groups is 1. The van der Waals surface area contributed by atoms with Crippen LogP contribution in [0.4, 0.5) is 5.69 Å². The van der Waals surface area contributed by atoms with Crippen molar-refractivity contribution in [3.63, 3.8) is 0 Å². The number of nitrogens with one attached hydrogen (secondary N) is 3. The van der Waals surface area contributed by atoms with Crippen LogP contribution in [0.25, 0.3) is 0 Å². The first-order valence-corrected chi connectivity index (χ1v) is 11.7. The topological polar surface area (TPSA) is 78.0 Å². The molecule has 3 N–H and O–H groups in total. The summed E-state index contributed by atoms with van der Waals surface area (Å²) in [5, 5.41) is 9.70. The van der Waals surface area contributed by atoms with Crippen molar-refractivity contribution in [2.75, 3.05) is 45.2 Å². The summed E-state index contributed by atoms with van der Waals surface area (Å²) in [6, 6.07) is 12.3. The normalized spacial score (nSPS) is 14.5. The molecule has 0 atom stereocenters. The van der Waals surface area contributed by atoms with Gasteiger partial charge < -0.3 is 20.7 Å². The lowest BCUT2D eigenvalue weighted by atomic mass is 10.2. The lowest BCUT2D eigenvalue weighted by Gasteiger charge is -2.26. The fourth-order valence-corrected chi connectivity index (χ4v) is 4.25. The number of rotatable bonds is 9. The number of thiophene rings is 1. The van der Waals surface area contributed by atoms with Gasteiger partial charge in [0, 0.05) is 55.1 Å². The quantitative estimate of drug-likeness (QED) is 0.244. The number of carbonyl (C=O) groups excluding carboxylic acids is 1. The molecule has 1 fully saturated rings. The van der Waals surface area contributed by atoms with E-state index >= 15 is 0 Å². The Hall–Kier alpha value is -1.69. The molecule has 1 amide bonds. The van der Waals surface area contributed by atoms with Gasteiger partial charge >= 0.3 is 0 Å². The molecule has 0 bridgehead atoms. The second kappa shape index (κ2) is 14.5. The molecule has 1 aromatic carbocycles. The zero-order chi connectivity index (χ0) is 21.9. The number of carbonyl (C=O) groups is 1. The molecule has 7 nitrogen and oxygen atoms in total. The molecule has 176 valence electrons. The van der Waals surface area contributed by atoms with Crippen LogP contribution in [0.15, 0.2) is 41.4 Å². The molecule has 1 aliphatic heterocycles. The molecule has 0 spiro atoms. The fourth-order valence-electron chi connectivity index (χ4n) is 3.35. The fraction of sp³-hybridized carbons (Fsp3) is 0.478. The monoisotopic (exact) mass is 571 g/mol. The standard InChI is InChI=1S/C23H33N5O2S.HI/c1-3-20-7-8-21(31-20)17-26-23(24-2)25-16-18-5-4-6-19(15-18)27-22(29)9-10-28-11-13-30-14-12-28;/h4-8,15H,3,9-14,16-17H2,1-2H3,(H,27,29)(H2,24,25,26);1H. The van der Waals surface area contributed by atoms with E-state index in [4.69, 9.17) is 4.74 Å². The van der Waals surface area contributed by atoms with Gasteiger partial charge in [0.05, 0.1) is 19.8 Å². The van der Waals surface area contributed by atoms with Gasteiger partial charge in [0.1, 0.15) is 0 Å². The Kier molecular flexibility index (Phi) is 12.0. The third-order valence-corrected chi connectivity index (χ3v) is 6.38. The maximum absolute atomic E-state index is 12.3. The first kappa shape index (κ1) is 26.6. The number of aliphatic imine (C=N–C) groups is 1. The highest BCUT2D eigenvalue weighted by Gasteiger charge is 2.12. The summed E-state index contributed by atoms with van der Waals surface area (Å²) in [5.74, 6) is 0.794. The zero-order valence-corrected chi connectivity index (χ0v) is 22.0. The highest BCUT2D eigenvalue weighted by atomic mass is 127. The van der Waals surface area contributed by atoms with Crippen molar-refractivity contribution in [2.45, 2.75) is 32.9 Å². The van der Waals surface area contributed by atoms with E-state index in [0.717, 1.165) is 63.0 Å². The summed E-state index contributed by atoms with van der Waals surface area (Å²) in [6.07, 6.45) is 1.55. The summed E-state index contributed by atoms with van der Waals surface area (Å²) in [6.45, 7) is 7.62. The second-order valence-corrected chi connectivity index (χ2v) is 8.71. The van der Waals surface area contributed by atoms with Crippen LogP contribution in [0.3, 0.4) is 0 Å². The first-order chi connectivity index (χ1) is 15.2. The third kappa shape index (κ3) is 9.05. The molecular formula is C23H34IN5O2S. The molecule has 2 heterocycles. The van der Waals surface area contributed by atoms with Gasteiger partial charge in [-0.25, -0.2) is 0 Å². The number of ether oxygens (including phenoxy) is 1. The molecule has 1 saturated heterocycles. The van der Waals surface area contributed by atoms with Crippen LogP contribution < -0.4 is 16.0 Å². The Labute approximate surface area is 212 Å². The smallest absolute Gasteiger partial charge is 0.225 e. The minimum absolute atomic E-state index is 0. The zero-order valence-electron chi connectivity index (χ0n) is 18.9. The van der Waals surface area contributed by atoms with Crippen LogP contribution in [0, 0.1) is 0 Å². The molecule has 1 aromatic heterocycles. The van der Waals surface area contributed by atoms with Gasteiger partial charge in [-0.05, 0) is 36.2 Å². The number of anilines is 1. The minimum atomic E-state index is 0. The lowest BCUT2D eigenvalue weighted by Crippen LogP contribution is -2.38. The highest BCUT2D eigenvalue weighted by Crippen LogP contribution is 2.16. The molecule has 0 saturated carbocycles. The number of halogens is 1. The first-order valence-electron chi connectivity index (χ1n) is 10.9. The van der Waals surface area contributed by atoms with Crippen molar-refractivity contribution in [1.82, 2.24) is 15.5 Å². The number of amides is 1. The van der Waals surface area contributed by atoms with Gasteiger partial charge in [-0.2, -0.15) is 0 Å². The maximum atomic E-state index is 12.3. The molecule has 3 rings (SSSR count). The van der Waals surface area contributed by atoms with E-state index in [0.29, 0.717) is 13.0 Å². The summed E-state index contributed by atoms with van der Waals surface area (Å²) in [5.41, 5.74) is 1.90. The maximum Gasteiger partial charge on any atom is 0.225 e. The van der Waals surface area contributed by atoms with Crippen molar-refractivity contribution in [3.8, 4) is 0 Å². The molecule has 9 heteroatoms. The van der Waals surface area contributed by atoms with Crippen LogP contribution in [0.5, 0.6) is 0 Å². The predicted molar refractivity (Wildman–Crippen MR) is 143 cm³/mol. The number of benzene rings is 1. The van der Waals surface area contributed by atoms with Crippen LogP contribution in [0.2, 0.25) is 0 Å². The molecule has 2 aromatic rings. The van der Waals surface area contributed by atoms with E-state index in [2.05, 4.69) is 44.9 Å². The largest absolute Gasteiger partial charge is 0.379 e. The van der Waals surface area contributed by atoms with Crippen LogP contribution in [-0.4, -0.2) is 56.7 Å². The SMILES string of the molecule is CCc1ccc(CNC(=NC)NCc2cccc(NC(=O)CCN3CCOCC3)c2)s1.I. The van der Waals surface area contributed by atoms with Crippen molar-refractivity contribution in [2.24, 2.45) is 4.99 Å². The molecular weight excluding hydrogens is 537 g/mol. The van der Waals surface area contributed by atoms with E-state index < -0.39 is 0 Å². The van der Waals surface area contributed by atoms with Crippen molar-refractivity contribution in [1.29, 1.82) is 0 Å². The Bertz CT molecular complexity index is 868. The van der Waals surface area contributed by atoms with E-state index in [-0.39, 0.29) is 29.9 Å². The number of nitrogens with zero attached hydrogens (tertiary/aromatic N) is 2. The van der Waals surface area contributed by atoms with E-state index in [1.165, 1.54) is 9.75 Å². The van der Waals surface area contributed by atoms with Crippen molar-refractivity contribution >= 4 is 52.9 Å². The molecule has 0 radical (unpaired) electrons. The highest BCUT2D eigenvalue weighted by molar-refractivity contribution is 14.0. The van der Waals surface area contributed by atoms with E-state index in [9.17, 15) is 4.79 Å². The van der Waals surface area contributed by atoms with Crippen molar-refractivity contribution in [3.05, 3.63) is 51.7 Å². The molecule has 1 aliphatic rings. The van der Waals surface area contributed by atoms with Gasteiger partial charge in [-0.1, -0.05) is 19.1 Å². The minimum Gasteiger partial charge on any atom is -0.379 e. The van der Waals surface area contributed by atoms with Gasteiger partial charge in [0.25, 0.3) is 0 Å². The summed E-state index contributed by atoms with van der Waals surface area (Å²) < 4.78 is 5.35. The average Bonchev–Trinajstić information content (AvgIpc) is 3.27. The third-order valence-electron chi connectivity index (χ3n) is 5.15. The van der Waals surface area contributed by atoms with E-state index in [1.54, 1.807) is 7.05 Å². The van der Waals surface area contributed by atoms with Crippen LogP contribution in [0.1, 0.15) is 28.7 Å². The Morgan fingerprint density at radius 3 is 2.59 bits per heavy atom. The summed E-state index contributed by atoms with van der Waals surface area (Å²) in [4.78, 5) is 21.6. The van der Waals surface area contributed by atoms with Gasteiger partial charge in [0.2, 0.25) is 5.91 Å².